The number of carbonyl (C=O) groups excluding carboxylic acids is 1. The number of primary amides is 1. The molecule has 0 aliphatic heterocycles. The highest BCUT2D eigenvalue weighted by Crippen LogP contribution is 2.12. The number of nitrogens with two attached hydrogens (primary N) is 1. The highest BCUT2D eigenvalue weighted by atomic mass is 16.2. The molecule has 7 heteroatoms. The molecular formula is C12H22N6O. The zero-order valence-electron chi connectivity index (χ0n) is 11.5. The summed E-state index contributed by atoms with van der Waals surface area (Å²) in [6.07, 6.45) is 1.84. The van der Waals surface area contributed by atoms with Crippen LogP contribution in [0.1, 0.15) is 26.1 Å². The van der Waals surface area contributed by atoms with Crippen molar-refractivity contribution in [1.29, 1.82) is 0 Å². The summed E-state index contributed by atoms with van der Waals surface area (Å²) in [6, 6.07) is 1.33. The van der Waals surface area contributed by atoms with Crippen LogP contribution in [0.3, 0.4) is 0 Å². The number of aryl methyl sites for hydroxylation is 1. The third-order valence-corrected chi connectivity index (χ3v) is 2.33. The first-order valence-electron chi connectivity index (χ1n) is 6.54. The minimum atomic E-state index is -0.524. The molecular weight excluding hydrogens is 244 g/mol. The highest BCUT2D eigenvalue weighted by molar-refractivity contribution is 5.71. The Hall–Kier alpha value is -2.05. The second kappa shape index (κ2) is 8.12. The lowest BCUT2D eigenvalue weighted by atomic mass is 10.3. The maximum atomic E-state index is 10.5. The van der Waals surface area contributed by atoms with E-state index in [-0.39, 0.29) is 0 Å². The van der Waals surface area contributed by atoms with Crippen LogP contribution in [0.4, 0.5) is 16.4 Å². The van der Waals surface area contributed by atoms with Gasteiger partial charge in [-0.3, -0.25) is 0 Å². The molecule has 1 heterocycles. The van der Waals surface area contributed by atoms with E-state index in [0.717, 1.165) is 36.8 Å². The van der Waals surface area contributed by atoms with E-state index < -0.39 is 6.03 Å². The molecule has 0 saturated heterocycles. The van der Waals surface area contributed by atoms with Gasteiger partial charge in [-0.25, -0.2) is 14.8 Å². The van der Waals surface area contributed by atoms with Crippen LogP contribution in [0.2, 0.25) is 0 Å². The first-order chi connectivity index (χ1) is 9.15. The molecule has 7 nitrogen and oxygen atoms in total. The third kappa shape index (κ3) is 5.89. The molecule has 0 aromatic carbocycles. The Labute approximate surface area is 113 Å². The van der Waals surface area contributed by atoms with Crippen molar-refractivity contribution in [2.45, 2.75) is 26.7 Å². The van der Waals surface area contributed by atoms with E-state index in [0.29, 0.717) is 13.1 Å². The number of nitrogens with zero attached hydrogens (tertiary/aromatic N) is 2. The fraction of sp³-hybridized carbons (Fsp3) is 0.583. The van der Waals surface area contributed by atoms with Gasteiger partial charge in [0.2, 0.25) is 0 Å². The molecule has 2 amide bonds. The largest absolute Gasteiger partial charge is 0.370 e. The van der Waals surface area contributed by atoms with Gasteiger partial charge in [0, 0.05) is 32.1 Å². The Balaban J connectivity index is 2.61. The molecule has 1 aromatic heterocycles. The summed E-state index contributed by atoms with van der Waals surface area (Å²) in [4.78, 5) is 19.4. The first kappa shape index (κ1) is 15.0. The average molecular weight is 266 g/mol. The number of hydrogen-bond donors (Lipinski definition) is 4. The standard InChI is InChI=1S/C12H22N6O/c1-3-5-9-17-10(14-4-2)8-11(18-9)15-6-7-16-12(13)19/h8H,3-7H2,1-2H3,(H3,13,16,19)(H2,14,15,17,18). The van der Waals surface area contributed by atoms with Gasteiger partial charge in [-0.15, -0.1) is 0 Å². The molecule has 0 spiro atoms. The lowest BCUT2D eigenvalue weighted by Crippen LogP contribution is -2.33. The molecule has 1 rings (SSSR count). The van der Waals surface area contributed by atoms with Crippen LogP contribution >= 0.6 is 0 Å². The smallest absolute Gasteiger partial charge is 0.312 e. The van der Waals surface area contributed by atoms with Crippen LogP contribution in [0.5, 0.6) is 0 Å². The van der Waals surface area contributed by atoms with Gasteiger partial charge in [-0.2, -0.15) is 0 Å². The van der Waals surface area contributed by atoms with E-state index in [1.807, 2.05) is 13.0 Å². The minimum absolute atomic E-state index is 0.457. The molecule has 0 aliphatic rings. The predicted molar refractivity (Wildman–Crippen MR) is 76.3 cm³/mol. The summed E-state index contributed by atoms with van der Waals surface area (Å²) in [5, 5.41) is 8.82. The summed E-state index contributed by atoms with van der Waals surface area (Å²) < 4.78 is 0. The van der Waals surface area contributed by atoms with E-state index in [4.69, 9.17) is 5.73 Å². The van der Waals surface area contributed by atoms with Gasteiger partial charge in [0.25, 0.3) is 0 Å². The number of nitrogens with one attached hydrogen (secondary N) is 3. The second-order valence-electron chi connectivity index (χ2n) is 4.05. The van der Waals surface area contributed by atoms with Gasteiger partial charge < -0.3 is 21.7 Å². The molecule has 0 radical (unpaired) electrons. The van der Waals surface area contributed by atoms with Crippen LogP contribution < -0.4 is 21.7 Å². The number of hydrogen-bond acceptors (Lipinski definition) is 5. The zero-order chi connectivity index (χ0) is 14.1. The molecule has 0 fully saturated rings. The van der Waals surface area contributed by atoms with Crippen LogP contribution in [-0.4, -0.2) is 35.6 Å². The number of anilines is 2. The summed E-state index contributed by atoms with van der Waals surface area (Å²) in [5.74, 6) is 2.37. The summed E-state index contributed by atoms with van der Waals surface area (Å²) >= 11 is 0. The van der Waals surface area contributed by atoms with Crippen molar-refractivity contribution in [2.75, 3.05) is 30.3 Å². The van der Waals surface area contributed by atoms with Crippen molar-refractivity contribution >= 4 is 17.7 Å². The lowest BCUT2D eigenvalue weighted by molar-refractivity contribution is 0.249. The Morgan fingerprint density at radius 3 is 2.47 bits per heavy atom. The quantitative estimate of drug-likeness (QED) is 0.524. The molecule has 0 aliphatic carbocycles. The van der Waals surface area contributed by atoms with Crippen LogP contribution in [0, 0.1) is 0 Å². The SMILES string of the molecule is CCCc1nc(NCC)cc(NCCNC(N)=O)n1. The Kier molecular flexibility index (Phi) is 6.42. The average Bonchev–Trinajstić information content (AvgIpc) is 2.35. The fourth-order valence-corrected chi connectivity index (χ4v) is 1.57. The molecule has 106 valence electrons. The number of urea groups is 1. The molecule has 5 N–H and O–H groups in total. The lowest BCUT2D eigenvalue weighted by Gasteiger charge is -2.10. The van der Waals surface area contributed by atoms with Crippen molar-refractivity contribution in [2.24, 2.45) is 5.73 Å². The molecule has 0 bridgehead atoms. The van der Waals surface area contributed by atoms with Gasteiger partial charge in [0.1, 0.15) is 17.5 Å². The second-order valence-corrected chi connectivity index (χ2v) is 4.05. The van der Waals surface area contributed by atoms with Crippen LogP contribution in [0.15, 0.2) is 6.07 Å². The van der Waals surface area contributed by atoms with Gasteiger partial charge in [0.05, 0.1) is 0 Å². The monoisotopic (exact) mass is 266 g/mol. The molecule has 0 unspecified atom stereocenters. The van der Waals surface area contributed by atoms with Gasteiger partial charge in [-0.05, 0) is 13.3 Å². The third-order valence-electron chi connectivity index (χ3n) is 2.33. The van der Waals surface area contributed by atoms with E-state index in [9.17, 15) is 4.79 Å². The zero-order valence-corrected chi connectivity index (χ0v) is 11.5. The number of aromatic nitrogens is 2. The van der Waals surface area contributed by atoms with Crippen LogP contribution in [-0.2, 0) is 6.42 Å². The number of rotatable bonds is 8. The number of carbonyl (C=O) groups is 1. The molecule has 19 heavy (non-hydrogen) atoms. The van der Waals surface area contributed by atoms with Crippen molar-refractivity contribution < 1.29 is 4.79 Å². The highest BCUT2D eigenvalue weighted by Gasteiger charge is 2.03. The fourth-order valence-electron chi connectivity index (χ4n) is 1.57. The maximum Gasteiger partial charge on any atom is 0.312 e. The van der Waals surface area contributed by atoms with Crippen LogP contribution in [0.25, 0.3) is 0 Å². The first-order valence-corrected chi connectivity index (χ1v) is 6.54. The Morgan fingerprint density at radius 2 is 1.89 bits per heavy atom. The molecule has 0 atom stereocenters. The summed E-state index contributed by atoms with van der Waals surface area (Å²) in [6.45, 7) is 5.94. The number of amides is 2. The molecule has 1 aromatic rings. The Bertz CT molecular complexity index is 385. The van der Waals surface area contributed by atoms with E-state index in [2.05, 4.69) is 32.8 Å². The van der Waals surface area contributed by atoms with E-state index >= 15 is 0 Å². The van der Waals surface area contributed by atoms with Crippen molar-refractivity contribution in [3.63, 3.8) is 0 Å². The van der Waals surface area contributed by atoms with Crippen molar-refractivity contribution in [1.82, 2.24) is 15.3 Å². The minimum Gasteiger partial charge on any atom is -0.370 e. The van der Waals surface area contributed by atoms with Crippen molar-refractivity contribution in [3.8, 4) is 0 Å². The van der Waals surface area contributed by atoms with Gasteiger partial charge in [0.15, 0.2) is 0 Å². The molecule has 0 saturated carbocycles. The van der Waals surface area contributed by atoms with E-state index in [1.165, 1.54) is 0 Å². The summed E-state index contributed by atoms with van der Waals surface area (Å²) in [7, 11) is 0. The van der Waals surface area contributed by atoms with E-state index in [1.54, 1.807) is 0 Å². The van der Waals surface area contributed by atoms with Gasteiger partial charge >= 0.3 is 6.03 Å². The van der Waals surface area contributed by atoms with Gasteiger partial charge in [-0.1, -0.05) is 6.92 Å². The summed E-state index contributed by atoms with van der Waals surface area (Å²) in [5.41, 5.74) is 4.99. The topological polar surface area (TPSA) is 105 Å². The normalized spacial score (nSPS) is 10.0. The predicted octanol–water partition coefficient (Wildman–Crippen LogP) is 0.941. The Morgan fingerprint density at radius 1 is 1.21 bits per heavy atom. The van der Waals surface area contributed by atoms with Crippen molar-refractivity contribution in [3.05, 3.63) is 11.9 Å². The maximum absolute atomic E-state index is 10.5.